The quantitative estimate of drug-likeness (QED) is 0.382. The summed E-state index contributed by atoms with van der Waals surface area (Å²) >= 11 is 0. The molecule has 2 rings (SSSR count). The van der Waals surface area contributed by atoms with Gasteiger partial charge in [0.25, 0.3) is 11.2 Å². The summed E-state index contributed by atoms with van der Waals surface area (Å²) in [5.41, 5.74) is -0.975. The van der Waals surface area contributed by atoms with Gasteiger partial charge in [0.15, 0.2) is 11.5 Å². The van der Waals surface area contributed by atoms with Crippen LogP contribution < -0.4 is 5.56 Å². The van der Waals surface area contributed by atoms with Crippen LogP contribution in [-0.2, 0) is 5.41 Å². The van der Waals surface area contributed by atoms with Crippen molar-refractivity contribution in [2.45, 2.75) is 26.2 Å². The monoisotopic (exact) mass is 293 g/mol. The fourth-order valence-corrected chi connectivity index (χ4v) is 2.09. The number of phenolic OH excluding ortho intramolecular Hbond substituents is 2. The van der Waals surface area contributed by atoms with E-state index in [0.29, 0.717) is 5.69 Å². The molecule has 1 aromatic carbocycles. The summed E-state index contributed by atoms with van der Waals surface area (Å²) in [6.07, 6.45) is 0. The highest BCUT2D eigenvalue weighted by atomic mass is 16.6. The molecule has 0 aliphatic heterocycles. The van der Waals surface area contributed by atoms with Crippen LogP contribution in [0.3, 0.4) is 0 Å². The molecule has 0 saturated carbocycles. The van der Waals surface area contributed by atoms with E-state index in [-0.39, 0.29) is 11.1 Å². The van der Waals surface area contributed by atoms with Gasteiger partial charge < -0.3 is 15.3 Å². The van der Waals surface area contributed by atoms with Gasteiger partial charge in [-0.05, 0) is 6.07 Å². The van der Waals surface area contributed by atoms with Crippen molar-refractivity contribution in [3.63, 3.8) is 0 Å². The first-order valence-corrected chi connectivity index (χ1v) is 6.14. The van der Waals surface area contributed by atoms with Gasteiger partial charge in [0.2, 0.25) is 0 Å². The second kappa shape index (κ2) is 4.65. The van der Waals surface area contributed by atoms with Crippen LogP contribution in [0.5, 0.6) is 11.5 Å². The summed E-state index contributed by atoms with van der Waals surface area (Å²) in [6, 6.07) is 1.84. The summed E-state index contributed by atoms with van der Waals surface area (Å²) < 4.78 is 0. The Morgan fingerprint density at radius 3 is 2.24 bits per heavy atom. The Bertz CT molecular complexity index is 767. The normalized spacial score (nSPS) is 11.6. The molecule has 0 radical (unpaired) electrons. The molecule has 8 nitrogen and oxygen atoms in total. The maximum absolute atomic E-state index is 12.0. The minimum Gasteiger partial charge on any atom is -0.504 e. The lowest BCUT2D eigenvalue weighted by Crippen LogP contribution is -2.15. The van der Waals surface area contributed by atoms with Crippen molar-refractivity contribution >= 4 is 5.69 Å². The SMILES string of the molecule is CC(C)(C)c1[nH][nH]c(=O)c1-c1cc(O)c(O)cc1[N+](=O)[O-]. The Labute approximate surface area is 119 Å². The highest BCUT2D eigenvalue weighted by Gasteiger charge is 2.29. The summed E-state index contributed by atoms with van der Waals surface area (Å²) in [5, 5.41) is 35.3. The molecular formula is C13H15N3O5. The third-order valence-electron chi connectivity index (χ3n) is 3.09. The van der Waals surface area contributed by atoms with Gasteiger partial charge in [-0.2, -0.15) is 0 Å². The number of hydrogen-bond donors (Lipinski definition) is 4. The molecule has 0 aliphatic rings. The van der Waals surface area contributed by atoms with Crippen molar-refractivity contribution in [3.8, 4) is 22.6 Å². The van der Waals surface area contributed by atoms with E-state index in [1.54, 1.807) is 0 Å². The van der Waals surface area contributed by atoms with Crippen LogP contribution in [0.15, 0.2) is 16.9 Å². The number of phenols is 2. The lowest BCUT2D eigenvalue weighted by molar-refractivity contribution is -0.384. The Hall–Kier alpha value is -2.77. The zero-order valence-electron chi connectivity index (χ0n) is 11.7. The number of benzene rings is 1. The number of rotatable bonds is 2. The molecule has 0 atom stereocenters. The van der Waals surface area contributed by atoms with Crippen molar-refractivity contribution in [2.75, 3.05) is 0 Å². The molecule has 0 fully saturated rings. The van der Waals surface area contributed by atoms with Crippen molar-refractivity contribution in [2.24, 2.45) is 0 Å². The highest BCUT2D eigenvalue weighted by molar-refractivity contribution is 5.78. The molecule has 4 N–H and O–H groups in total. The van der Waals surface area contributed by atoms with Crippen molar-refractivity contribution in [1.82, 2.24) is 10.2 Å². The van der Waals surface area contributed by atoms with Crippen LogP contribution in [0, 0.1) is 10.1 Å². The second-order valence-corrected chi connectivity index (χ2v) is 5.69. The standard InChI is InChI=1S/C13H15N3O5/c1-13(2,3)11-10(12(19)15-14-11)6-4-8(17)9(18)5-7(6)16(20)21/h4-5,17-18H,1-3H3,(H2,14,15,19). The molecule has 0 aliphatic carbocycles. The minimum absolute atomic E-state index is 0.0530. The van der Waals surface area contributed by atoms with Gasteiger partial charge in [0, 0.05) is 5.41 Å². The minimum atomic E-state index is -0.715. The van der Waals surface area contributed by atoms with Crippen LogP contribution in [0.4, 0.5) is 5.69 Å². The molecule has 0 spiro atoms. The van der Waals surface area contributed by atoms with E-state index < -0.39 is 33.1 Å². The van der Waals surface area contributed by atoms with Crippen LogP contribution >= 0.6 is 0 Å². The molecule has 2 aromatic rings. The molecular weight excluding hydrogens is 278 g/mol. The van der Waals surface area contributed by atoms with E-state index >= 15 is 0 Å². The van der Waals surface area contributed by atoms with Gasteiger partial charge in [-0.15, -0.1) is 0 Å². The van der Waals surface area contributed by atoms with Crippen LogP contribution in [-0.4, -0.2) is 25.3 Å². The van der Waals surface area contributed by atoms with Gasteiger partial charge in [0.05, 0.1) is 27.8 Å². The molecule has 1 aromatic heterocycles. The number of aromatic hydroxyl groups is 2. The molecule has 0 bridgehead atoms. The highest BCUT2D eigenvalue weighted by Crippen LogP contribution is 2.40. The number of nitro benzene ring substituents is 1. The third kappa shape index (κ3) is 2.47. The van der Waals surface area contributed by atoms with Crippen LogP contribution in [0.2, 0.25) is 0 Å². The zero-order chi connectivity index (χ0) is 15.9. The van der Waals surface area contributed by atoms with E-state index in [4.69, 9.17) is 0 Å². The topological polar surface area (TPSA) is 132 Å². The number of H-pyrrole nitrogens is 2. The van der Waals surface area contributed by atoms with Gasteiger partial charge in [-0.25, -0.2) is 0 Å². The lowest BCUT2D eigenvalue weighted by atomic mass is 9.87. The van der Waals surface area contributed by atoms with E-state index in [2.05, 4.69) is 10.2 Å². The van der Waals surface area contributed by atoms with Gasteiger partial charge >= 0.3 is 0 Å². The summed E-state index contributed by atoms with van der Waals surface area (Å²) in [6.45, 7) is 5.51. The number of hydrogen-bond acceptors (Lipinski definition) is 5. The first-order chi connectivity index (χ1) is 9.62. The van der Waals surface area contributed by atoms with Crippen LogP contribution in [0.25, 0.3) is 11.1 Å². The number of nitro groups is 1. The van der Waals surface area contributed by atoms with Gasteiger partial charge in [-0.3, -0.25) is 20.0 Å². The van der Waals surface area contributed by atoms with Crippen molar-refractivity contribution in [3.05, 3.63) is 38.3 Å². The largest absolute Gasteiger partial charge is 0.504 e. The predicted molar refractivity (Wildman–Crippen MR) is 75.5 cm³/mol. The maximum Gasteiger partial charge on any atom is 0.281 e. The van der Waals surface area contributed by atoms with E-state index in [1.165, 1.54) is 0 Å². The fourth-order valence-electron chi connectivity index (χ4n) is 2.09. The Kier molecular flexibility index (Phi) is 3.24. The number of nitrogens with zero attached hydrogens (tertiary/aromatic N) is 1. The first kappa shape index (κ1) is 14.6. The first-order valence-electron chi connectivity index (χ1n) is 6.14. The van der Waals surface area contributed by atoms with Crippen molar-refractivity contribution < 1.29 is 15.1 Å². The summed E-state index contributed by atoms with van der Waals surface area (Å²) in [7, 11) is 0. The van der Waals surface area contributed by atoms with E-state index in [1.807, 2.05) is 20.8 Å². The smallest absolute Gasteiger partial charge is 0.281 e. The Balaban J connectivity index is 2.85. The summed E-state index contributed by atoms with van der Waals surface area (Å²) in [5.74, 6) is -1.15. The van der Waals surface area contributed by atoms with Crippen LogP contribution in [0.1, 0.15) is 26.5 Å². The Morgan fingerprint density at radius 2 is 1.71 bits per heavy atom. The number of nitrogens with one attached hydrogen (secondary N) is 2. The molecule has 8 heteroatoms. The number of aromatic nitrogens is 2. The average Bonchev–Trinajstić information content (AvgIpc) is 2.73. The fraction of sp³-hybridized carbons (Fsp3) is 0.308. The molecule has 112 valence electrons. The molecule has 1 heterocycles. The second-order valence-electron chi connectivity index (χ2n) is 5.69. The molecule has 21 heavy (non-hydrogen) atoms. The zero-order valence-corrected chi connectivity index (χ0v) is 11.7. The maximum atomic E-state index is 12.0. The average molecular weight is 293 g/mol. The Morgan fingerprint density at radius 1 is 1.14 bits per heavy atom. The summed E-state index contributed by atoms with van der Waals surface area (Å²) in [4.78, 5) is 22.4. The third-order valence-corrected chi connectivity index (χ3v) is 3.09. The van der Waals surface area contributed by atoms with E-state index in [0.717, 1.165) is 12.1 Å². The molecule has 0 saturated heterocycles. The molecule has 0 amide bonds. The predicted octanol–water partition coefficient (Wildman–Crippen LogP) is 1.99. The molecule has 0 unspecified atom stereocenters. The van der Waals surface area contributed by atoms with Crippen molar-refractivity contribution in [1.29, 1.82) is 0 Å². The van der Waals surface area contributed by atoms with E-state index in [9.17, 15) is 25.1 Å². The number of aromatic amines is 2. The lowest BCUT2D eigenvalue weighted by Gasteiger charge is -2.18. The van der Waals surface area contributed by atoms with Gasteiger partial charge in [0.1, 0.15) is 0 Å². The van der Waals surface area contributed by atoms with Gasteiger partial charge in [-0.1, -0.05) is 20.8 Å².